The number of nitrogens with zero attached hydrogens (tertiary/aromatic N) is 2. The van der Waals surface area contributed by atoms with Crippen molar-refractivity contribution in [1.29, 1.82) is 0 Å². The van der Waals surface area contributed by atoms with Crippen LogP contribution in [0.2, 0.25) is 10.0 Å². The fraction of sp³-hybridized carbons (Fsp3) is 0.659. The molecule has 64 heavy (non-hydrogen) atoms. The van der Waals surface area contributed by atoms with E-state index < -0.39 is 86.3 Å². The van der Waals surface area contributed by atoms with Crippen molar-refractivity contribution in [2.24, 2.45) is 11.8 Å². The number of rotatable bonds is 16. The minimum atomic E-state index is -1.64. The van der Waals surface area contributed by atoms with E-state index in [-0.39, 0.29) is 71.2 Å². The number of likely N-dealkylation sites (tertiary alicyclic amines) is 2. The van der Waals surface area contributed by atoms with Gasteiger partial charge in [-0.2, -0.15) is 0 Å². The molecule has 3 heterocycles. The van der Waals surface area contributed by atoms with E-state index in [1.54, 1.807) is 44.4 Å². The lowest BCUT2D eigenvalue weighted by atomic mass is 9.85. The number of halogens is 4. The second-order valence-corrected chi connectivity index (χ2v) is 23.9. The van der Waals surface area contributed by atoms with Crippen molar-refractivity contribution in [2.45, 2.75) is 133 Å². The van der Waals surface area contributed by atoms with Gasteiger partial charge < -0.3 is 48.6 Å². The van der Waals surface area contributed by atoms with Crippen LogP contribution in [0.15, 0.2) is 36.4 Å². The van der Waals surface area contributed by atoms with Gasteiger partial charge >= 0.3 is 0 Å². The summed E-state index contributed by atoms with van der Waals surface area (Å²) in [7, 11) is 0. The van der Waals surface area contributed by atoms with Crippen molar-refractivity contribution in [3.8, 4) is 11.5 Å². The SMILES string of the molecule is CC1(C)OC[C@H](C(=O)N2CCC([C@@H](N[S@@+]([O-])C(C)(C)C)c3cc(Cl)c(F)cc3OC/C=C/C(O)[C@@H](O)C(O)N3CCC([C@@H](N[S@@+]([O-])C(C)(C)C)c4cc(Cl)c(F)cc4O)CC3)CC2)O1. The van der Waals surface area contributed by atoms with Crippen molar-refractivity contribution >= 4 is 51.8 Å². The first-order chi connectivity index (χ1) is 29.8. The molecule has 2 aromatic carbocycles. The first kappa shape index (κ1) is 53.0. The third-order valence-electron chi connectivity index (χ3n) is 11.7. The highest BCUT2D eigenvalue weighted by Crippen LogP contribution is 2.41. The lowest BCUT2D eigenvalue weighted by Crippen LogP contribution is -2.52. The van der Waals surface area contributed by atoms with Crippen LogP contribution in [0.1, 0.15) is 104 Å². The number of nitrogens with one attached hydrogen (secondary N) is 2. The summed E-state index contributed by atoms with van der Waals surface area (Å²) in [5.74, 6) is -3.18. The summed E-state index contributed by atoms with van der Waals surface area (Å²) in [5.41, 5.74) is 0.742. The van der Waals surface area contributed by atoms with Gasteiger partial charge in [0.2, 0.25) is 0 Å². The molecule has 0 aliphatic carbocycles. The molecular weight excluding hydrogens is 918 g/mol. The number of hydrogen-bond acceptors (Lipinski definition) is 13. The molecule has 3 saturated heterocycles. The Labute approximate surface area is 391 Å². The summed E-state index contributed by atoms with van der Waals surface area (Å²) < 4.78 is 78.4. The zero-order valence-electron chi connectivity index (χ0n) is 37.6. The van der Waals surface area contributed by atoms with Crippen LogP contribution >= 0.6 is 23.2 Å². The van der Waals surface area contributed by atoms with E-state index in [0.717, 1.165) is 12.1 Å². The summed E-state index contributed by atoms with van der Waals surface area (Å²) in [6.07, 6.45) is -0.832. The van der Waals surface area contributed by atoms with Gasteiger partial charge in [0.05, 0.1) is 28.7 Å². The summed E-state index contributed by atoms with van der Waals surface area (Å²) >= 11 is 9.28. The zero-order valence-corrected chi connectivity index (χ0v) is 40.8. The van der Waals surface area contributed by atoms with E-state index in [1.165, 1.54) is 24.3 Å². The average molecular weight is 982 g/mol. The fourth-order valence-electron chi connectivity index (χ4n) is 7.95. The number of aliphatic hydroxyl groups is 3. The molecule has 3 aliphatic rings. The Bertz CT molecular complexity index is 1930. The minimum Gasteiger partial charge on any atom is -0.598 e. The standard InChI is InChI=1S/C44H64Cl2F2N4O10S2/c1-42(2,3)63(58)49-37(27-20-29(45)31(47)22-34(27)54)25-13-17-52(18-14-25)41(57)39(55)33(53)10-9-19-60-35-23-32(48)30(46)21-28(35)38(50-64(59)43(4,5)6)26-11-15-51(16-12-26)40(56)36-24-61-44(7,8)62-36/h9-10,20-23,25-26,33,36-39,41,49-50,53-55,57H,11-19,24H2,1-8H3/b10-9+/t33?,36-,37-,38-,39-,41?,63+,64+/m1/s1. The van der Waals surface area contributed by atoms with E-state index in [1.807, 2.05) is 20.8 Å². The van der Waals surface area contributed by atoms with Crippen LogP contribution in [0.25, 0.3) is 0 Å². The second kappa shape index (κ2) is 22.0. The van der Waals surface area contributed by atoms with Gasteiger partial charge in [-0.15, -0.1) is 9.44 Å². The molecule has 0 radical (unpaired) electrons. The van der Waals surface area contributed by atoms with Gasteiger partial charge in [-0.1, -0.05) is 29.3 Å². The molecule has 3 aliphatic heterocycles. The number of ether oxygens (including phenoxy) is 3. The van der Waals surface area contributed by atoms with E-state index in [4.69, 9.17) is 37.4 Å². The van der Waals surface area contributed by atoms with Gasteiger partial charge in [-0.05, 0) is 111 Å². The number of benzene rings is 2. The van der Waals surface area contributed by atoms with Crippen molar-refractivity contribution in [3.05, 3.63) is 69.2 Å². The summed E-state index contributed by atoms with van der Waals surface area (Å²) in [6.45, 7) is 15.6. The van der Waals surface area contributed by atoms with Crippen molar-refractivity contribution in [1.82, 2.24) is 19.2 Å². The quantitative estimate of drug-likeness (QED) is 0.0854. The van der Waals surface area contributed by atoms with E-state index in [9.17, 15) is 38.7 Å². The Morgan fingerprint density at radius 3 is 1.91 bits per heavy atom. The van der Waals surface area contributed by atoms with Crippen LogP contribution in [0.4, 0.5) is 8.78 Å². The molecule has 2 aromatic rings. The number of aromatic hydroxyl groups is 1. The molecule has 5 rings (SSSR count). The molecule has 0 aromatic heterocycles. The van der Waals surface area contributed by atoms with E-state index in [0.29, 0.717) is 44.3 Å². The maximum atomic E-state index is 15.0. The predicted molar refractivity (Wildman–Crippen MR) is 243 cm³/mol. The van der Waals surface area contributed by atoms with Crippen LogP contribution in [0, 0.1) is 23.5 Å². The molecule has 0 bridgehead atoms. The number of carbonyl (C=O) groups excluding carboxylic acids is 1. The minimum absolute atomic E-state index is 0.112. The van der Waals surface area contributed by atoms with Crippen LogP contribution < -0.4 is 14.2 Å². The Balaban J connectivity index is 1.23. The summed E-state index contributed by atoms with van der Waals surface area (Å²) in [5, 5.41) is 43.4. The lowest BCUT2D eigenvalue weighted by molar-refractivity contribution is -0.161. The highest BCUT2D eigenvalue weighted by molar-refractivity contribution is 7.91. The first-order valence-electron chi connectivity index (χ1n) is 21.5. The summed E-state index contributed by atoms with van der Waals surface area (Å²) in [6, 6.07) is 3.51. The molecule has 14 nitrogen and oxygen atoms in total. The molecule has 3 fully saturated rings. The maximum Gasteiger partial charge on any atom is 0.254 e. The largest absolute Gasteiger partial charge is 0.598 e. The number of hydrogen-bond donors (Lipinski definition) is 6. The highest BCUT2D eigenvalue weighted by Gasteiger charge is 2.43. The smallest absolute Gasteiger partial charge is 0.254 e. The molecule has 0 saturated carbocycles. The van der Waals surface area contributed by atoms with Crippen molar-refractivity contribution in [2.75, 3.05) is 39.4 Å². The zero-order chi connectivity index (χ0) is 47.5. The lowest BCUT2D eigenvalue weighted by Gasteiger charge is -2.40. The number of phenols is 1. The van der Waals surface area contributed by atoms with Crippen LogP contribution in [-0.4, -0.2) is 124 Å². The number of amides is 1. The molecule has 360 valence electrons. The normalized spacial score (nSPS) is 22.9. The molecule has 1 amide bonds. The third kappa shape index (κ3) is 13.6. The summed E-state index contributed by atoms with van der Waals surface area (Å²) in [4.78, 5) is 16.6. The van der Waals surface area contributed by atoms with Gasteiger partial charge in [0.1, 0.15) is 57.7 Å². The van der Waals surface area contributed by atoms with E-state index in [2.05, 4.69) is 9.44 Å². The number of piperidine rings is 2. The number of phenolic OH excluding ortho intramolecular Hbond substituents is 1. The fourth-order valence-corrected chi connectivity index (χ4v) is 10.1. The van der Waals surface area contributed by atoms with Crippen LogP contribution in [0.5, 0.6) is 11.5 Å². The van der Waals surface area contributed by atoms with Crippen molar-refractivity contribution < 1.29 is 57.3 Å². The Hall–Kier alpha value is -2.01. The number of aliphatic hydroxyl groups excluding tert-OH is 3. The number of carbonyl (C=O) groups is 1. The molecular formula is C44H64Cl2F2N4O10S2. The Morgan fingerprint density at radius 2 is 1.39 bits per heavy atom. The van der Waals surface area contributed by atoms with Crippen molar-refractivity contribution in [3.63, 3.8) is 0 Å². The molecule has 8 atom stereocenters. The Morgan fingerprint density at radius 1 is 0.891 bits per heavy atom. The first-order valence-corrected chi connectivity index (χ1v) is 24.5. The Kier molecular flexibility index (Phi) is 18.2. The van der Waals surface area contributed by atoms with Gasteiger partial charge in [-0.3, -0.25) is 9.69 Å². The van der Waals surface area contributed by atoms with Crippen LogP contribution in [-0.2, 0) is 37.0 Å². The van der Waals surface area contributed by atoms with Gasteiger partial charge in [-0.25, -0.2) is 8.78 Å². The maximum absolute atomic E-state index is 15.0. The predicted octanol–water partition coefficient (Wildman–Crippen LogP) is 5.94. The van der Waals surface area contributed by atoms with Crippen LogP contribution in [0.3, 0.4) is 0 Å². The van der Waals surface area contributed by atoms with Gasteiger partial charge in [0.15, 0.2) is 11.9 Å². The molecule has 6 N–H and O–H groups in total. The van der Waals surface area contributed by atoms with E-state index >= 15 is 4.39 Å². The monoisotopic (exact) mass is 980 g/mol. The second-order valence-electron chi connectivity index (χ2n) is 19.1. The molecule has 20 heteroatoms. The average Bonchev–Trinajstić information content (AvgIpc) is 3.60. The van der Waals surface area contributed by atoms with Gasteiger partial charge in [0, 0.05) is 72.2 Å². The van der Waals surface area contributed by atoms with Gasteiger partial charge in [0.25, 0.3) is 5.91 Å². The topological polar surface area (TPSA) is 202 Å². The molecule has 0 spiro atoms. The highest BCUT2D eigenvalue weighted by atomic mass is 35.5. The third-order valence-corrected chi connectivity index (χ3v) is 15.5. The molecule has 2 unspecified atom stereocenters.